The van der Waals surface area contributed by atoms with Gasteiger partial charge in [0, 0.05) is 12.0 Å². The molecule has 2 unspecified atom stereocenters. The van der Waals surface area contributed by atoms with Crippen LogP contribution in [0.25, 0.3) is 0 Å². The van der Waals surface area contributed by atoms with Crippen molar-refractivity contribution < 1.29 is 10.2 Å². The number of fused-ring (bicyclic) bond motifs is 5. The van der Waals surface area contributed by atoms with Crippen molar-refractivity contribution in [3.05, 3.63) is 23.3 Å². The van der Waals surface area contributed by atoms with Gasteiger partial charge >= 0.3 is 0 Å². The highest BCUT2D eigenvalue weighted by atomic mass is 16.3. The van der Waals surface area contributed by atoms with Crippen LogP contribution < -0.4 is 0 Å². The molecule has 0 aromatic carbocycles. The van der Waals surface area contributed by atoms with Gasteiger partial charge in [0.15, 0.2) is 0 Å². The van der Waals surface area contributed by atoms with Gasteiger partial charge in [-0.25, -0.2) is 0 Å². The lowest BCUT2D eigenvalue weighted by atomic mass is 9.46. The largest absolute Gasteiger partial charge is 0.396 e. The van der Waals surface area contributed by atoms with Crippen LogP contribution in [0.3, 0.4) is 0 Å². The van der Waals surface area contributed by atoms with Gasteiger partial charge in [-0.15, -0.1) is 0 Å². The van der Waals surface area contributed by atoms with Crippen LogP contribution in [0.5, 0.6) is 0 Å². The lowest BCUT2D eigenvalue weighted by Crippen LogP contribution is -2.51. The number of hydrogen-bond acceptors (Lipinski definition) is 2. The van der Waals surface area contributed by atoms with Gasteiger partial charge in [0.1, 0.15) is 0 Å². The fourth-order valence-corrected chi connectivity index (χ4v) is 8.76. The van der Waals surface area contributed by atoms with E-state index in [0.717, 1.165) is 37.0 Å². The van der Waals surface area contributed by atoms with Crippen molar-refractivity contribution in [2.45, 2.75) is 105 Å². The molecule has 0 aromatic rings. The molecule has 0 amide bonds. The summed E-state index contributed by atoms with van der Waals surface area (Å²) in [5.74, 6) is 3.50. The van der Waals surface area contributed by atoms with Crippen LogP contribution in [0, 0.1) is 45.8 Å². The average Bonchev–Trinajstić information content (AvgIpc) is 3.08. The predicted molar refractivity (Wildman–Crippen MR) is 130 cm³/mol. The molecule has 0 bridgehead atoms. The van der Waals surface area contributed by atoms with E-state index in [2.05, 4.69) is 53.7 Å². The third kappa shape index (κ3) is 3.68. The summed E-state index contributed by atoms with van der Waals surface area (Å²) in [7, 11) is 0. The molecular formula is C29H48O2. The second-order valence-electron chi connectivity index (χ2n) is 13.0. The average molecular weight is 429 g/mol. The standard InChI is InChI=1S/C29H48O2/c1-19(18-30)8-7-9-20(2)22-11-12-23-21-10-13-25-27(3,4)26(31)15-17-29(25,6)24(21)14-16-28(22,23)5/h10,13,19-20,22-24,26,30-31H,7-9,11-12,14-18H2,1-6H3/t19-,20-,22-,23?,24?,26+,28-,29-/m1/s1. The number of hydrogen-bond donors (Lipinski definition) is 2. The van der Waals surface area contributed by atoms with Gasteiger partial charge in [0.05, 0.1) is 6.10 Å². The Morgan fingerprint density at radius 2 is 1.68 bits per heavy atom. The number of aliphatic hydroxyl groups excluding tert-OH is 2. The van der Waals surface area contributed by atoms with Crippen LogP contribution in [-0.4, -0.2) is 22.9 Å². The SMILES string of the molecule is C[C@@H](CO)CCC[C@@H](C)[C@H]1CCC2C3=CC=C4C(C)(C)[C@@H](O)CC[C@]4(C)C3CC[C@@]21C. The molecule has 4 aliphatic carbocycles. The Labute approximate surface area is 191 Å². The number of allylic oxidation sites excluding steroid dienone is 3. The molecular weight excluding hydrogens is 380 g/mol. The molecule has 0 saturated heterocycles. The Hall–Kier alpha value is -0.600. The topological polar surface area (TPSA) is 40.5 Å². The first kappa shape index (κ1) is 23.6. The Kier molecular flexibility index (Phi) is 6.32. The molecule has 4 rings (SSSR count). The predicted octanol–water partition coefficient (Wildman–Crippen LogP) is 6.92. The zero-order valence-corrected chi connectivity index (χ0v) is 21.1. The Balaban J connectivity index is 1.55. The highest BCUT2D eigenvalue weighted by Gasteiger charge is 2.59. The van der Waals surface area contributed by atoms with Crippen molar-refractivity contribution in [1.29, 1.82) is 0 Å². The van der Waals surface area contributed by atoms with Gasteiger partial charge in [0.2, 0.25) is 0 Å². The maximum absolute atomic E-state index is 10.7. The summed E-state index contributed by atoms with van der Waals surface area (Å²) >= 11 is 0. The van der Waals surface area contributed by atoms with E-state index in [1.165, 1.54) is 44.1 Å². The van der Waals surface area contributed by atoms with E-state index >= 15 is 0 Å². The second kappa shape index (κ2) is 8.32. The van der Waals surface area contributed by atoms with Gasteiger partial charge in [0.25, 0.3) is 0 Å². The Morgan fingerprint density at radius 3 is 2.39 bits per heavy atom. The van der Waals surface area contributed by atoms with Gasteiger partial charge in [-0.05, 0) is 85.4 Å². The minimum Gasteiger partial charge on any atom is -0.396 e. The molecule has 2 nitrogen and oxygen atoms in total. The van der Waals surface area contributed by atoms with Crippen molar-refractivity contribution in [2.24, 2.45) is 45.8 Å². The van der Waals surface area contributed by atoms with Gasteiger partial charge in [-0.2, -0.15) is 0 Å². The Bertz CT molecular complexity index is 733. The van der Waals surface area contributed by atoms with E-state index in [0.29, 0.717) is 23.9 Å². The van der Waals surface area contributed by atoms with Crippen LogP contribution in [0.2, 0.25) is 0 Å². The molecule has 8 atom stereocenters. The lowest BCUT2D eigenvalue weighted by molar-refractivity contribution is -0.0173. The number of rotatable bonds is 6. The summed E-state index contributed by atoms with van der Waals surface area (Å²) in [6, 6.07) is 0. The van der Waals surface area contributed by atoms with Crippen molar-refractivity contribution in [2.75, 3.05) is 6.61 Å². The molecule has 0 aromatic heterocycles. The molecule has 31 heavy (non-hydrogen) atoms. The van der Waals surface area contributed by atoms with Crippen LogP contribution in [0.1, 0.15) is 99.3 Å². The molecule has 2 N–H and O–H groups in total. The molecule has 0 aliphatic heterocycles. The van der Waals surface area contributed by atoms with Crippen molar-refractivity contribution in [3.8, 4) is 0 Å². The summed E-state index contributed by atoms with van der Waals surface area (Å²) in [6.45, 7) is 14.7. The fraction of sp³-hybridized carbons (Fsp3) is 0.862. The summed E-state index contributed by atoms with van der Waals surface area (Å²) in [5, 5.41) is 20.1. The summed E-state index contributed by atoms with van der Waals surface area (Å²) in [5.41, 5.74) is 3.86. The van der Waals surface area contributed by atoms with Crippen LogP contribution in [-0.2, 0) is 0 Å². The van der Waals surface area contributed by atoms with E-state index in [9.17, 15) is 10.2 Å². The first-order chi connectivity index (χ1) is 14.6. The molecule has 0 heterocycles. The fourth-order valence-electron chi connectivity index (χ4n) is 8.76. The van der Waals surface area contributed by atoms with Crippen LogP contribution in [0.4, 0.5) is 0 Å². The minimum absolute atomic E-state index is 0.103. The Morgan fingerprint density at radius 1 is 0.935 bits per heavy atom. The molecule has 0 radical (unpaired) electrons. The molecule has 176 valence electrons. The normalized spacial score (nSPS) is 43.2. The third-order valence-electron chi connectivity index (χ3n) is 10.8. The van der Waals surface area contributed by atoms with Crippen molar-refractivity contribution >= 4 is 0 Å². The van der Waals surface area contributed by atoms with E-state index in [-0.39, 0.29) is 16.9 Å². The third-order valence-corrected chi connectivity index (χ3v) is 10.8. The van der Waals surface area contributed by atoms with Gasteiger partial charge in [-0.1, -0.05) is 77.7 Å². The van der Waals surface area contributed by atoms with Crippen LogP contribution >= 0.6 is 0 Å². The molecule has 0 spiro atoms. The van der Waals surface area contributed by atoms with E-state index in [4.69, 9.17) is 0 Å². The zero-order chi connectivity index (χ0) is 22.6. The van der Waals surface area contributed by atoms with Crippen molar-refractivity contribution in [3.63, 3.8) is 0 Å². The zero-order valence-electron chi connectivity index (χ0n) is 21.1. The summed E-state index contributed by atoms with van der Waals surface area (Å²) in [4.78, 5) is 0. The highest BCUT2D eigenvalue weighted by Crippen LogP contribution is 2.67. The van der Waals surface area contributed by atoms with Crippen molar-refractivity contribution in [1.82, 2.24) is 0 Å². The first-order valence-electron chi connectivity index (χ1n) is 13.3. The summed E-state index contributed by atoms with van der Waals surface area (Å²) < 4.78 is 0. The smallest absolute Gasteiger partial charge is 0.0628 e. The number of aliphatic hydroxyl groups is 2. The van der Waals surface area contributed by atoms with Gasteiger partial charge in [-0.3, -0.25) is 0 Å². The van der Waals surface area contributed by atoms with Gasteiger partial charge < -0.3 is 10.2 Å². The maximum atomic E-state index is 10.7. The maximum Gasteiger partial charge on any atom is 0.0628 e. The molecule has 3 fully saturated rings. The highest BCUT2D eigenvalue weighted by molar-refractivity contribution is 5.41. The quantitative estimate of drug-likeness (QED) is 0.482. The summed E-state index contributed by atoms with van der Waals surface area (Å²) in [6.07, 6.45) is 16.0. The second-order valence-corrected chi connectivity index (χ2v) is 13.0. The molecule has 3 saturated carbocycles. The molecule has 2 heteroatoms. The molecule has 4 aliphatic rings. The monoisotopic (exact) mass is 428 g/mol. The first-order valence-corrected chi connectivity index (χ1v) is 13.3. The van der Waals surface area contributed by atoms with Crippen LogP contribution in [0.15, 0.2) is 23.3 Å². The van der Waals surface area contributed by atoms with E-state index < -0.39 is 0 Å². The van der Waals surface area contributed by atoms with E-state index in [1.807, 2.05) is 0 Å². The minimum atomic E-state index is -0.208. The lowest BCUT2D eigenvalue weighted by Gasteiger charge is -2.58. The van der Waals surface area contributed by atoms with E-state index in [1.54, 1.807) is 5.57 Å².